The van der Waals surface area contributed by atoms with Gasteiger partial charge >= 0.3 is 0 Å². The fraction of sp³-hybridized carbons (Fsp3) is 0.562. The van der Waals surface area contributed by atoms with Crippen LogP contribution < -0.4 is 10.6 Å². The summed E-state index contributed by atoms with van der Waals surface area (Å²) in [5, 5.41) is 6.31. The van der Waals surface area contributed by atoms with E-state index in [1.807, 2.05) is 13.8 Å². The largest absolute Gasteiger partial charge is 0.354 e. The number of amides is 1. The minimum Gasteiger partial charge on any atom is -0.354 e. The van der Waals surface area contributed by atoms with Crippen molar-refractivity contribution in [1.29, 1.82) is 0 Å². The lowest BCUT2D eigenvalue weighted by atomic mass is 10.2. The lowest BCUT2D eigenvalue weighted by Gasteiger charge is -2.08. The minimum atomic E-state index is 0.133. The number of hydrogen-bond donors (Lipinski definition) is 2. The maximum absolute atomic E-state index is 11.6. The highest BCUT2D eigenvalue weighted by Crippen LogP contribution is 2.20. The molecule has 20 heavy (non-hydrogen) atoms. The molecule has 1 aromatic carbocycles. The number of benzene rings is 1. The Morgan fingerprint density at radius 2 is 2.15 bits per heavy atom. The summed E-state index contributed by atoms with van der Waals surface area (Å²) in [6, 6.07) is 8.75. The predicted molar refractivity (Wildman–Crippen MR) is 87.1 cm³/mol. The Balaban J connectivity index is 2.33. The molecule has 0 aliphatic rings. The van der Waals surface area contributed by atoms with Crippen LogP contribution in [-0.2, 0) is 11.3 Å². The first-order chi connectivity index (χ1) is 9.61. The van der Waals surface area contributed by atoms with Gasteiger partial charge in [0.25, 0.3) is 0 Å². The summed E-state index contributed by atoms with van der Waals surface area (Å²) in [6.45, 7) is 8.10. The van der Waals surface area contributed by atoms with Crippen molar-refractivity contribution < 1.29 is 4.79 Å². The molecule has 0 fully saturated rings. The van der Waals surface area contributed by atoms with Gasteiger partial charge in [-0.3, -0.25) is 4.79 Å². The molecular weight excluding hydrogens is 268 g/mol. The van der Waals surface area contributed by atoms with Crippen molar-refractivity contribution in [1.82, 2.24) is 10.6 Å². The summed E-state index contributed by atoms with van der Waals surface area (Å²) >= 11 is 1.74. The third kappa shape index (κ3) is 7.56. The molecule has 0 bridgehead atoms. The molecule has 0 aromatic heterocycles. The van der Waals surface area contributed by atoms with E-state index in [4.69, 9.17) is 0 Å². The standard InChI is InChI=1S/C16H26N2OS/c1-4-9-17-12-14-6-5-7-15(11-14)20-10-8-16(19)18-13(2)3/h5-7,11,13,17H,4,8-10,12H2,1-3H3,(H,18,19). The highest BCUT2D eigenvalue weighted by molar-refractivity contribution is 7.99. The normalized spacial score (nSPS) is 10.8. The fourth-order valence-corrected chi connectivity index (χ4v) is 2.74. The van der Waals surface area contributed by atoms with Gasteiger partial charge in [-0.1, -0.05) is 19.1 Å². The first-order valence-electron chi connectivity index (χ1n) is 7.33. The Kier molecular flexibility index (Phi) is 8.38. The van der Waals surface area contributed by atoms with Gasteiger partial charge in [-0.2, -0.15) is 0 Å². The Hall–Kier alpha value is -1.00. The van der Waals surface area contributed by atoms with Crippen LogP contribution in [0, 0.1) is 0 Å². The number of rotatable bonds is 9. The molecule has 1 amide bonds. The molecular formula is C16H26N2OS. The Morgan fingerprint density at radius 3 is 2.85 bits per heavy atom. The quantitative estimate of drug-likeness (QED) is 0.543. The molecule has 4 heteroatoms. The van der Waals surface area contributed by atoms with E-state index in [-0.39, 0.29) is 11.9 Å². The van der Waals surface area contributed by atoms with E-state index in [2.05, 4.69) is 41.8 Å². The van der Waals surface area contributed by atoms with Gasteiger partial charge in [0.05, 0.1) is 0 Å². The van der Waals surface area contributed by atoms with E-state index < -0.39 is 0 Å². The summed E-state index contributed by atoms with van der Waals surface area (Å²) in [5.41, 5.74) is 1.30. The van der Waals surface area contributed by atoms with Crippen LogP contribution in [0.4, 0.5) is 0 Å². The maximum Gasteiger partial charge on any atom is 0.221 e. The molecule has 0 radical (unpaired) electrons. The van der Waals surface area contributed by atoms with Crippen LogP contribution in [0.3, 0.4) is 0 Å². The SMILES string of the molecule is CCCNCc1cccc(SCCC(=O)NC(C)C)c1. The summed E-state index contributed by atoms with van der Waals surface area (Å²) in [6.07, 6.45) is 1.72. The van der Waals surface area contributed by atoms with Crippen molar-refractivity contribution in [2.24, 2.45) is 0 Å². The Bertz CT molecular complexity index is 407. The third-order valence-electron chi connectivity index (χ3n) is 2.70. The summed E-state index contributed by atoms with van der Waals surface area (Å²) in [7, 11) is 0. The Morgan fingerprint density at radius 1 is 1.35 bits per heavy atom. The van der Waals surface area contributed by atoms with Gasteiger partial charge < -0.3 is 10.6 Å². The zero-order valence-electron chi connectivity index (χ0n) is 12.7. The van der Waals surface area contributed by atoms with Gasteiger partial charge in [-0.15, -0.1) is 11.8 Å². The third-order valence-corrected chi connectivity index (χ3v) is 3.70. The molecule has 0 aliphatic carbocycles. The topological polar surface area (TPSA) is 41.1 Å². The molecule has 0 atom stereocenters. The van der Waals surface area contributed by atoms with Crippen LogP contribution in [0.2, 0.25) is 0 Å². The van der Waals surface area contributed by atoms with Crippen molar-refractivity contribution >= 4 is 17.7 Å². The van der Waals surface area contributed by atoms with Gasteiger partial charge in [-0.25, -0.2) is 0 Å². The second-order valence-electron chi connectivity index (χ2n) is 5.14. The number of thioether (sulfide) groups is 1. The van der Waals surface area contributed by atoms with E-state index >= 15 is 0 Å². The van der Waals surface area contributed by atoms with Crippen molar-refractivity contribution in [2.75, 3.05) is 12.3 Å². The smallest absolute Gasteiger partial charge is 0.221 e. The monoisotopic (exact) mass is 294 g/mol. The highest BCUT2D eigenvalue weighted by Gasteiger charge is 2.03. The van der Waals surface area contributed by atoms with E-state index in [1.165, 1.54) is 10.5 Å². The molecule has 0 unspecified atom stereocenters. The van der Waals surface area contributed by atoms with Crippen molar-refractivity contribution in [2.45, 2.75) is 51.1 Å². The number of carbonyl (C=O) groups is 1. The van der Waals surface area contributed by atoms with Crippen LogP contribution in [0.5, 0.6) is 0 Å². The zero-order valence-corrected chi connectivity index (χ0v) is 13.6. The first kappa shape index (κ1) is 17.1. The van der Waals surface area contributed by atoms with Crippen molar-refractivity contribution in [3.63, 3.8) is 0 Å². The second-order valence-corrected chi connectivity index (χ2v) is 6.31. The molecule has 0 aliphatic heterocycles. The zero-order chi connectivity index (χ0) is 14.8. The molecule has 3 nitrogen and oxygen atoms in total. The minimum absolute atomic E-state index is 0.133. The first-order valence-corrected chi connectivity index (χ1v) is 8.32. The fourth-order valence-electron chi connectivity index (χ4n) is 1.81. The van der Waals surface area contributed by atoms with Gasteiger partial charge in [0.2, 0.25) is 5.91 Å². The second kappa shape index (κ2) is 9.83. The highest BCUT2D eigenvalue weighted by atomic mass is 32.2. The van der Waals surface area contributed by atoms with Gasteiger partial charge in [-0.05, 0) is 44.5 Å². The predicted octanol–water partition coefficient (Wildman–Crippen LogP) is 3.19. The number of carbonyl (C=O) groups excluding carboxylic acids is 1. The van der Waals surface area contributed by atoms with Gasteiger partial charge in [0, 0.05) is 29.7 Å². The van der Waals surface area contributed by atoms with Crippen LogP contribution in [-0.4, -0.2) is 24.2 Å². The van der Waals surface area contributed by atoms with Crippen LogP contribution in [0.25, 0.3) is 0 Å². The van der Waals surface area contributed by atoms with E-state index in [0.29, 0.717) is 6.42 Å². The maximum atomic E-state index is 11.6. The lowest BCUT2D eigenvalue weighted by molar-refractivity contribution is -0.121. The van der Waals surface area contributed by atoms with Gasteiger partial charge in [0.15, 0.2) is 0 Å². The lowest BCUT2D eigenvalue weighted by Crippen LogP contribution is -2.30. The van der Waals surface area contributed by atoms with Crippen LogP contribution in [0.1, 0.15) is 39.2 Å². The molecule has 0 heterocycles. The average molecular weight is 294 g/mol. The van der Waals surface area contributed by atoms with E-state index in [1.54, 1.807) is 11.8 Å². The molecule has 0 saturated heterocycles. The summed E-state index contributed by atoms with van der Waals surface area (Å²) < 4.78 is 0. The van der Waals surface area contributed by atoms with Gasteiger partial charge in [0.1, 0.15) is 0 Å². The van der Waals surface area contributed by atoms with Crippen LogP contribution in [0.15, 0.2) is 29.2 Å². The van der Waals surface area contributed by atoms with Crippen molar-refractivity contribution in [3.05, 3.63) is 29.8 Å². The Labute approximate surface area is 126 Å². The summed E-state index contributed by atoms with van der Waals surface area (Å²) in [5.74, 6) is 0.956. The molecule has 112 valence electrons. The summed E-state index contributed by atoms with van der Waals surface area (Å²) in [4.78, 5) is 12.8. The number of hydrogen-bond acceptors (Lipinski definition) is 3. The number of nitrogens with one attached hydrogen (secondary N) is 2. The van der Waals surface area contributed by atoms with Crippen LogP contribution >= 0.6 is 11.8 Å². The van der Waals surface area contributed by atoms with E-state index in [0.717, 1.165) is 25.3 Å². The molecule has 1 rings (SSSR count). The van der Waals surface area contributed by atoms with Crippen molar-refractivity contribution in [3.8, 4) is 0 Å². The molecule has 2 N–H and O–H groups in total. The molecule has 0 saturated carbocycles. The van der Waals surface area contributed by atoms with E-state index in [9.17, 15) is 4.79 Å². The molecule has 0 spiro atoms. The molecule has 1 aromatic rings. The average Bonchev–Trinajstić information content (AvgIpc) is 2.39.